The zero-order chi connectivity index (χ0) is 17.3. The van der Waals surface area contributed by atoms with E-state index in [-0.39, 0.29) is 0 Å². The van der Waals surface area contributed by atoms with Crippen molar-refractivity contribution in [2.45, 2.75) is 32.0 Å². The van der Waals surface area contributed by atoms with Gasteiger partial charge in [-0.2, -0.15) is 13.2 Å². The molecular weight excluding hydrogens is 341 g/mol. The Morgan fingerprint density at radius 1 is 1.25 bits per heavy atom. The first-order valence-corrected chi connectivity index (χ1v) is 7.70. The lowest BCUT2D eigenvalue weighted by Crippen LogP contribution is -2.10. The van der Waals surface area contributed by atoms with Gasteiger partial charge in [0, 0.05) is 24.1 Å². The van der Waals surface area contributed by atoms with Gasteiger partial charge in [0.05, 0.1) is 5.71 Å². The molecule has 1 aromatic heterocycles. The number of aryl methyl sites for hydroxylation is 1. The van der Waals surface area contributed by atoms with Crippen LogP contribution in [-0.2, 0) is 17.4 Å². The Morgan fingerprint density at radius 3 is 2.79 bits per heavy atom. The number of pyridine rings is 1. The fraction of sp³-hybridized carbons (Fsp3) is 0.294. The van der Waals surface area contributed by atoms with E-state index in [0.717, 1.165) is 29.1 Å². The quantitative estimate of drug-likeness (QED) is 0.766. The van der Waals surface area contributed by atoms with Gasteiger partial charge in [-0.1, -0.05) is 34.5 Å². The van der Waals surface area contributed by atoms with Crippen LogP contribution < -0.4 is 0 Å². The summed E-state index contributed by atoms with van der Waals surface area (Å²) in [6, 6.07) is 8.21. The molecule has 1 unspecified atom stereocenters. The molecule has 3 nitrogen and oxygen atoms in total. The minimum atomic E-state index is -4.48. The van der Waals surface area contributed by atoms with Crippen LogP contribution in [0.5, 0.6) is 0 Å². The smallest absolute Gasteiger partial charge is 0.387 e. The molecule has 0 amide bonds. The van der Waals surface area contributed by atoms with Crippen LogP contribution >= 0.6 is 11.6 Å². The number of rotatable bonds is 3. The largest absolute Gasteiger partial charge is 0.433 e. The highest BCUT2D eigenvalue weighted by Gasteiger charge is 2.34. The van der Waals surface area contributed by atoms with Gasteiger partial charge in [-0.15, -0.1) is 0 Å². The van der Waals surface area contributed by atoms with Crippen LogP contribution in [0, 0.1) is 6.92 Å². The summed E-state index contributed by atoms with van der Waals surface area (Å²) in [6.07, 6.45) is -2.95. The molecule has 0 aliphatic carbocycles. The molecule has 0 fully saturated rings. The molecule has 1 aliphatic heterocycles. The third-order valence-electron chi connectivity index (χ3n) is 3.77. The van der Waals surface area contributed by atoms with Gasteiger partial charge in [0.25, 0.3) is 0 Å². The van der Waals surface area contributed by atoms with Crippen molar-refractivity contribution in [1.29, 1.82) is 0 Å². The Kier molecular flexibility index (Phi) is 4.49. The Labute approximate surface area is 142 Å². The molecule has 1 aromatic carbocycles. The van der Waals surface area contributed by atoms with Gasteiger partial charge in [-0.3, -0.25) is 4.98 Å². The summed E-state index contributed by atoms with van der Waals surface area (Å²) in [5.41, 5.74) is 2.22. The number of nitrogens with zero attached hydrogens (tertiary/aromatic N) is 2. The number of benzene rings is 1. The van der Waals surface area contributed by atoms with Crippen LogP contribution in [0.15, 0.2) is 41.7 Å². The summed E-state index contributed by atoms with van der Waals surface area (Å²) >= 11 is 6.17. The minimum absolute atomic E-state index is 0.409. The number of halogens is 4. The molecule has 0 saturated heterocycles. The van der Waals surface area contributed by atoms with Crippen molar-refractivity contribution < 1.29 is 18.0 Å². The molecule has 0 radical (unpaired) electrons. The van der Waals surface area contributed by atoms with Crippen molar-refractivity contribution in [3.63, 3.8) is 0 Å². The minimum Gasteiger partial charge on any atom is -0.387 e. The maximum atomic E-state index is 12.8. The Bertz CT molecular complexity index is 790. The van der Waals surface area contributed by atoms with Crippen LogP contribution in [-0.4, -0.2) is 10.7 Å². The molecule has 0 saturated carbocycles. The summed E-state index contributed by atoms with van der Waals surface area (Å²) < 4.78 is 38.3. The van der Waals surface area contributed by atoms with E-state index in [1.807, 2.05) is 25.1 Å². The Morgan fingerprint density at radius 2 is 2.04 bits per heavy atom. The monoisotopic (exact) mass is 354 g/mol. The van der Waals surface area contributed by atoms with Gasteiger partial charge in [0.15, 0.2) is 6.10 Å². The van der Waals surface area contributed by atoms with Gasteiger partial charge < -0.3 is 4.84 Å². The van der Waals surface area contributed by atoms with Crippen LogP contribution in [0.1, 0.15) is 34.9 Å². The molecule has 2 heterocycles. The maximum absolute atomic E-state index is 12.8. The lowest BCUT2D eigenvalue weighted by molar-refractivity contribution is -0.141. The highest BCUT2D eigenvalue weighted by Crippen LogP contribution is 2.33. The van der Waals surface area contributed by atoms with Crippen molar-refractivity contribution in [1.82, 2.24) is 4.98 Å². The zero-order valence-electron chi connectivity index (χ0n) is 12.8. The molecule has 24 heavy (non-hydrogen) atoms. The van der Waals surface area contributed by atoms with Gasteiger partial charge >= 0.3 is 6.18 Å². The van der Waals surface area contributed by atoms with Gasteiger partial charge in [0.2, 0.25) is 0 Å². The van der Waals surface area contributed by atoms with E-state index in [9.17, 15) is 13.2 Å². The zero-order valence-corrected chi connectivity index (χ0v) is 13.5. The number of aromatic nitrogens is 1. The second kappa shape index (κ2) is 6.43. The van der Waals surface area contributed by atoms with E-state index < -0.39 is 18.0 Å². The van der Waals surface area contributed by atoms with Crippen molar-refractivity contribution in [2.75, 3.05) is 0 Å². The Hall–Kier alpha value is -2.08. The summed E-state index contributed by atoms with van der Waals surface area (Å²) in [6.45, 7) is 1.96. The average molecular weight is 355 g/mol. The number of hydrogen-bond donors (Lipinski definition) is 0. The fourth-order valence-corrected chi connectivity index (χ4v) is 2.76. The molecule has 7 heteroatoms. The summed E-state index contributed by atoms with van der Waals surface area (Å²) in [5.74, 6) is 0. The van der Waals surface area contributed by atoms with E-state index in [1.54, 1.807) is 0 Å². The topological polar surface area (TPSA) is 34.5 Å². The van der Waals surface area contributed by atoms with E-state index >= 15 is 0 Å². The van der Waals surface area contributed by atoms with E-state index in [1.165, 1.54) is 6.07 Å². The number of alkyl halides is 3. The molecule has 0 spiro atoms. The summed E-state index contributed by atoms with van der Waals surface area (Å²) in [4.78, 5) is 8.67. The number of hydrogen-bond acceptors (Lipinski definition) is 3. The third-order valence-corrected chi connectivity index (χ3v) is 4.14. The van der Waals surface area contributed by atoms with Gasteiger partial charge in [0.1, 0.15) is 5.69 Å². The van der Waals surface area contributed by atoms with Crippen molar-refractivity contribution >= 4 is 17.3 Å². The van der Waals surface area contributed by atoms with Gasteiger partial charge in [-0.25, -0.2) is 0 Å². The average Bonchev–Trinajstić information content (AvgIpc) is 2.99. The normalized spacial score (nSPS) is 17.5. The lowest BCUT2D eigenvalue weighted by atomic mass is 9.99. The first-order chi connectivity index (χ1) is 11.3. The van der Waals surface area contributed by atoms with Crippen LogP contribution in [0.3, 0.4) is 0 Å². The molecule has 2 aromatic rings. The molecule has 1 aliphatic rings. The third kappa shape index (κ3) is 3.70. The number of oxime groups is 1. The highest BCUT2D eigenvalue weighted by atomic mass is 35.5. The van der Waals surface area contributed by atoms with E-state index in [0.29, 0.717) is 23.4 Å². The van der Waals surface area contributed by atoms with E-state index in [2.05, 4.69) is 10.1 Å². The fourth-order valence-electron chi connectivity index (χ4n) is 2.57. The molecule has 3 rings (SSSR count). The van der Waals surface area contributed by atoms with Crippen molar-refractivity contribution in [2.24, 2.45) is 5.16 Å². The maximum Gasteiger partial charge on any atom is 0.433 e. The highest BCUT2D eigenvalue weighted by molar-refractivity contribution is 6.31. The van der Waals surface area contributed by atoms with Crippen molar-refractivity contribution in [3.05, 3.63) is 63.9 Å². The second-order valence-electron chi connectivity index (χ2n) is 5.70. The molecule has 0 bridgehead atoms. The predicted octanol–water partition coefficient (Wildman–Crippen LogP) is 5.12. The molecule has 1 atom stereocenters. The van der Waals surface area contributed by atoms with Crippen LogP contribution in [0.2, 0.25) is 5.02 Å². The first kappa shape index (κ1) is 16.8. The molecular formula is C17H14ClF3N2O. The molecule has 0 N–H and O–H groups in total. The van der Waals surface area contributed by atoms with Gasteiger partial charge in [-0.05, 0) is 36.2 Å². The first-order valence-electron chi connectivity index (χ1n) is 7.32. The SMILES string of the molecule is Cc1ccc(Cl)c(CC2=NOC(c3ccnc(C(F)(F)F)c3)C2)c1. The Balaban J connectivity index is 1.72. The summed E-state index contributed by atoms with van der Waals surface area (Å²) in [7, 11) is 0. The second-order valence-corrected chi connectivity index (χ2v) is 6.11. The van der Waals surface area contributed by atoms with Crippen LogP contribution in [0.4, 0.5) is 13.2 Å². The molecule has 126 valence electrons. The standard InChI is InChI=1S/C17H14ClF3N2O/c1-10-2-3-14(18)12(6-10)7-13-9-15(24-23-13)11-4-5-22-16(8-11)17(19,20)21/h2-6,8,15H,7,9H2,1H3. The predicted molar refractivity (Wildman–Crippen MR) is 85.0 cm³/mol. The van der Waals surface area contributed by atoms with Crippen molar-refractivity contribution in [3.8, 4) is 0 Å². The summed E-state index contributed by atoms with van der Waals surface area (Å²) in [5, 5.41) is 4.64. The lowest BCUT2D eigenvalue weighted by Gasteiger charge is -2.11. The van der Waals surface area contributed by atoms with E-state index in [4.69, 9.17) is 16.4 Å². The van der Waals surface area contributed by atoms with Crippen LogP contribution in [0.25, 0.3) is 0 Å².